The molecule has 2 N–H and O–H groups in total. The van der Waals surface area contributed by atoms with Crippen LogP contribution in [0.4, 0.5) is 4.39 Å². The molecule has 3 nitrogen and oxygen atoms in total. The fourth-order valence-corrected chi connectivity index (χ4v) is 1.12. The quantitative estimate of drug-likeness (QED) is 0.778. The van der Waals surface area contributed by atoms with Crippen molar-refractivity contribution in [1.29, 1.82) is 0 Å². The normalized spacial score (nSPS) is 12.4. The summed E-state index contributed by atoms with van der Waals surface area (Å²) in [6.45, 7) is 1.55. The van der Waals surface area contributed by atoms with Crippen molar-refractivity contribution < 1.29 is 19.4 Å². The number of aliphatic carboxylic acids is 1. The van der Waals surface area contributed by atoms with E-state index in [1.54, 1.807) is 6.92 Å². The molecule has 1 aromatic carbocycles. The zero-order valence-corrected chi connectivity index (χ0v) is 7.70. The third-order valence-electron chi connectivity index (χ3n) is 1.98. The first-order valence-corrected chi connectivity index (χ1v) is 4.21. The van der Waals surface area contributed by atoms with Crippen LogP contribution in [0.1, 0.15) is 12.5 Å². The Bertz CT molecular complexity index is 349. The first-order chi connectivity index (χ1) is 6.50. The van der Waals surface area contributed by atoms with Crippen LogP contribution < -0.4 is 0 Å². The average molecular weight is 198 g/mol. The molecular weight excluding hydrogens is 187 g/mol. The molecule has 0 saturated carbocycles. The predicted molar refractivity (Wildman–Crippen MR) is 48.6 cm³/mol. The molecule has 0 saturated heterocycles. The van der Waals surface area contributed by atoms with Crippen LogP contribution in [-0.4, -0.2) is 16.2 Å². The maximum absolute atomic E-state index is 12.8. The first-order valence-electron chi connectivity index (χ1n) is 4.21. The van der Waals surface area contributed by atoms with Gasteiger partial charge < -0.3 is 10.2 Å². The van der Waals surface area contributed by atoms with E-state index in [-0.39, 0.29) is 6.42 Å². The van der Waals surface area contributed by atoms with E-state index in [9.17, 15) is 9.18 Å². The molecular formula is C10H11FO3. The van der Waals surface area contributed by atoms with Gasteiger partial charge in [-0.05, 0) is 24.1 Å². The standard InChI is InChI=1S/C10H11FO3/c1-6(10(13)14)4-7-2-3-9(12)8(11)5-7/h2-3,5-6,12H,4H2,1H3,(H,13,14). The van der Waals surface area contributed by atoms with Gasteiger partial charge in [0.05, 0.1) is 5.92 Å². The highest BCUT2D eigenvalue weighted by Gasteiger charge is 2.12. The number of hydrogen-bond acceptors (Lipinski definition) is 2. The third-order valence-corrected chi connectivity index (χ3v) is 1.98. The number of rotatable bonds is 3. The molecule has 0 spiro atoms. The summed E-state index contributed by atoms with van der Waals surface area (Å²) >= 11 is 0. The monoisotopic (exact) mass is 198 g/mol. The summed E-state index contributed by atoms with van der Waals surface area (Å²) in [5.41, 5.74) is 0.565. The summed E-state index contributed by atoms with van der Waals surface area (Å²) in [5, 5.41) is 17.5. The van der Waals surface area contributed by atoms with Crippen LogP contribution in [0.15, 0.2) is 18.2 Å². The van der Waals surface area contributed by atoms with E-state index >= 15 is 0 Å². The SMILES string of the molecule is CC(Cc1ccc(O)c(F)c1)C(=O)O. The molecule has 1 rings (SSSR count). The molecule has 0 aliphatic heterocycles. The molecule has 0 bridgehead atoms. The summed E-state index contributed by atoms with van der Waals surface area (Å²) in [6.07, 6.45) is 0.256. The first kappa shape index (κ1) is 10.5. The van der Waals surface area contributed by atoms with Crippen LogP contribution in [0.2, 0.25) is 0 Å². The van der Waals surface area contributed by atoms with E-state index in [1.165, 1.54) is 12.1 Å². The van der Waals surface area contributed by atoms with Gasteiger partial charge in [0.15, 0.2) is 11.6 Å². The van der Waals surface area contributed by atoms with Crippen molar-refractivity contribution in [3.8, 4) is 5.75 Å². The van der Waals surface area contributed by atoms with E-state index in [1.807, 2.05) is 0 Å². The van der Waals surface area contributed by atoms with Crippen molar-refractivity contribution in [3.63, 3.8) is 0 Å². The van der Waals surface area contributed by atoms with E-state index in [0.29, 0.717) is 5.56 Å². The Balaban J connectivity index is 2.78. The molecule has 0 aliphatic rings. The van der Waals surface area contributed by atoms with E-state index in [0.717, 1.165) is 6.07 Å². The number of halogens is 1. The number of phenols is 1. The lowest BCUT2D eigenvalue weighted by molar-refractivity contribution is -0.141. The van der Waals surface area contributed by atoms with Crippen LogP contribution in [0, 0.1) is 11.7 Å². The van der Waals surface area contributed by atoms with Gasteiger partial charge in [0.1, 0.15) is 0 Å². The fourth-order valence-electron chi connectivity index (χ4n) is 1.12. The average Bonchev–Trinajstić information content (AvgIpc) is 2.11. The summed E-state index contributed by atoms with van der Waals surface area (Å²) in [4.78, 5) is 10.5. The van der Waals surface area contributed by atoms with Crippen molar-refractivity contribution in [2.24, 2.45) is 5.92 Å². The second kappa shape index (κ2) is 4.09. The number of carboxylic acid groups (broad SMARTS) is 1. The number of carboxylic acids is 1. The molecule has 14 heavy (non-hydrogen) atoms. The smallest absolute Gasteiger partial charge is 0.306 e. The lowest BCUT2D eigenvalue weighted by Crippen LogP contribution is -2.12. The van der Waals surface area contributed by atoms with Gasteiger partial charge in [-0.3, -0.25) is 4.79 Å². The Morgan fingerprint density at radius 1 is 1.57 bits per heavy atom. The Labute approximate surface area is 80.8 Å². The summed E-state index contributed by atoms with van der Waals surface area (Å²) < 4.78 is 12.8. The Morgan fingerprint density at radius 3 is 2.71 bits per heavy atom. The lowest BCUT2D eigenvalue weighted by atomic mass is 10.0. The minimum absolute atomic E-state index is 0.256. The Kier molecular flexibility index (Phi) is 3.06. The molecule has 1 unspecified atom stereocenters. The topological polar surface area (TPSA) is 57.5 Å². The van der Waals surface area contributed by atoms with Gasteiger partial charge in [-0.1, -0.05) is 13.0 Å². The van der Waals surface area contributed by atoms with E-state index in [4.69, 9.17) is 10.2 Å². The summed E-state index contributed by atoms with van der Waals surface area (Å²) in [7, 11) is 0. The van der Waals surface area contributed by atoms with Crippen molar-refractivity contribution in [2.45, 2.75) is 13.3 Å². The van der Waals surface area contributed by atoms with Crippen molar-refractivity contribution in [3.05, 3.63) is 29.6 Å². The molecule has 0 aromatic heterocycles. The highest BCUT2D eigenvalue weighted by Crippen LogP contribution is 2.18. The summed E-state index contributed by atoms with van der Waals surface area (Å²) in [5.74, 6) is -2.62. The molecule has 4 heteroatoms. The number of benzene rings is 1. The summed E-state index contributed by atoms with van der Waals surface area (Å²) in [6, 6.07) is 3.88. The highest BCUT2D eigenvalue weighted by molar-refractivity contribution is 5.69. The second-order valence-corrected chi connectivity index (χ2v) is 3.23. The minimum Gasteiger partial charge on any atom is -0.505 e. The maximum atomic E-state index is 12.8. The Morgan fingerprint density at radius 2 is 2.21 bits per heavy atom. The maximum Gasteiger partial charge on any atom is 0.306 e. The van der Waals surface area contributed by atoms with Gasteiger partial charge in [0.2, 0.25) is 0 Å². The van der Waals surface area contributed by atoms with Gasteiger partial charge in [0, 0.05) is 0 Å². The molecule has 0 fully saturated rings. The van der Waals surface area contributed by atoms with Crippen LogP contribution >= 0.6 is 0 Å². The third kappa shape index (κ3) is 2.45. The van der Waals surface area contributed by atoms with E-state index in [2.05, 4.69) is 0 Å². The molecule has 0 radical (unpaired) electrons. The largest absolute Gasteiger partial charge is 0.505 e. The fraction of sp³-hybridized carbons (Fsp3) is 0.300. The van der Waals surface area contributed by atoms with Crippen LogP contribution in [0.5, 0.6) is 5.75 Å². The predicted octanol–water partition coefficient (Wildman–Crippen LogP) is 1.79. The number of hydrogen-bond donors (Lipinski definition) is 2. The van der Waals surface area contributed by atoms with Crippen molar-refractivity contribution in [1.82, 2.24) is 0 Å². The molecule has 0 amide bonds. The van der Waals surface area contributed by atoms with Crippen molar-refractivity contribution >= 4 is 5.97 Å². The molecule has 0 heterocycles. The Hall–Kier alpha value is -1.58. The van der Waals surface area contributed by atoms with Crippen LogP contribution in [-0.2, 0) is 11.2 Å². The van der Waals surface area contributed by atoms with Gasteiger partial charge in [0.25, 0.3) is 0 Å². The van der Waals surface area contributed by atoms with Crippen LogP contribution in [0.25, 0.3) is 0 Å². The van der Waals surface area contributed by atoms with Gasteiger partial charge in [-0.25, -0.2) is 4.39 Å². The van der Waals surface area contributed by atoms with Gasteiger partial charge in [-0.15, -0.1) is 0 Å². The second-order valence-electron chi connectivity index (χ2n) is 3.23. The molecule has 76 valence electrons. The van der Waals surface area contributed by atoms with E-state index < -0.39 is 23.5 Å². The number of aromatic hydroxyl groups is 1. The lowest BCUT2D eigenvalue weighted by Gasteiger charge is -2.06. The zero-order chi connectivity index (χ0) is 10.7. The molecule has 1 atom stereocenters. The highest BCUT2D eigenvalue weighted by atomic mass is 19.1. The minimum atomic E-state index is -0.918. The van der Waals surface area contributed by atoms with Crippen molar-refractivity contribution in [2.75, 3.05) is 0 Å². The van der Waals surface area contributed by atoms with Gasteiger partial charge >= 0.3 is 5.97 Å². The number of carbonyl (C=O) groups is 1. The van der Waals surface area contributed by atoms with Gasteiger partial charge in [-0.2, -0.15) is 0 Å². The molecule has 1 aromatic rings. The van der Waals surface area contributed by atoms with Crippen LogP contribution in [0.3, 0.4) is 0 Å². The zero-order valence-electron chi connectivity index (χ0n) is 7.70. The number of phenolic OH excluding ortho intramolecular Hbond substituents is 1. The molecule has 0 aliphatic carbocycles.